The molecule has 148 valence electrons. The highest BCUT2D eigenvalue weighted by atomic mass is 127. The molecule has 0 amide bonds. The fourth-order valence-electron chi connectivity index (χ4n) is 3.99. The zero-order valence-electron chi connectivity index (χ0n) is 15.5. The van der Waals surface area contributed by atoms with E-state index in [1.165, 1.54) is 25.7 Å². The Morgan fingerprint density at radius 3 is 2.42 bits per heavy atom. The first-order chi connectivity index (χ1) is 12.0. The number of hydrogen-bond acceptors (Lipinski definition) is 3. The van der Waals surface area contributed by atoms with Crippen LogP contribution in [0, 0.1) is 11.8 Å². The highest BCUT2D eigenvalue weighted by Crippen LogP contribution is 2.35. The van der Waals surface area contributed by atoms with Gasteiger partial charge in [-0.15, -0.1) is 24.0 Å². The number of fused-ring (bicyclic) bond motifs is 1. The topological polar surface area (TPSA) is 78.7 Å². The van der Waals surface area contributed by atoms with Crippen molar-refractivity contribution in [3.63, 3.8) is 0 Å². The number of aliphatic imine (C=N–C) groups is 1. The van der Waals surface area contributed by atoms with E-state index >= 15 is 0 Å². The number of aromatic nitrogens is 1. The number of halogens is 1. The molecule has 0 spiro atoms. The lowest BCUT2D eigenvalue weighted by Gasteiger charge is -2.22. The van der Waals surface area contributed by atoms with E-state index in [4.69, 9.17) is 0 Å². The van der Waals surface area contributed by atoms with Gasteiger partial charge in [0.15, 0.2) is 5.96 Å². The molecule has 2 atom stereocenters. The molecular formula is C17H30IN5O2S. The molecule has 0 radical (unpaired) electrons. The zero-order valence-corrected chi connectivity index (χ0v) is 18.7. The van der Waals surface area contributed by atoms with Crippen molar-refractivity contribution in [2.24, 2.45) is 23.9 Å². The van der Waals surface area contributed by atoms with E-state index < -0.39 is 10.0 Å². The van der Waals surface area contributed by atoms with E-state index in [0.717, 1.165) is 30.9 Å². The standard InChI is InChI=1S/C17H29N5O2S.HI/c1-18-17(22-11-14-5-3-4-6-15(14)12-22)19-8-9-20-25(23,24)16-7-10-21(2)13-16;/h7,10,13-15,20H,3-6,8-9,11-12H2,1-2H3,(H,18,19);1H. The molecule has 3 rings (SSSR count). The van der Waals surface area contributed by atoms with E-state index in [1.54, 1.807) is 37.1 Å². The van der Waals surface area contributed by atoms with Gasteiger partial charge in [-0.05, 0) is 30.7 Å². The Morgan fingerprint density at radius 1 is 1.23 bits per heavy atom. The molecule has 1 saturated heterocycles. The number of sulfonamides is 1. The summed E-state index contributed by atoms with van der Waals surface area (Å²) in [6.45, 7) is 2.99. The average Bonchev–Trinajstić information content (AvgIpc) is 3.21. The Kier molecular flexibility index (Phi) is 7.77. The normalized spacial score (nSPS) is 23.5. The second kappa shape index (κ2) is 9.41. The first-order valence-corrected chi connectivity index (χ1v) is 10.5. The lowest BCUT2D eigenvalue weighted by molar-refractivity contribution is 0.299. The summed E-state index contributed by atoms with van der Waals surface area (Å²) in [5.74, 6) is 2.47. The molecule has 2 aliphatic rings. The van der Waals surface area contributed by atoms with Crippen LogP contribution in [0.2, 0.25) is 0 Å². The Bertz CT molecular complexity index is 704. The van der Waals surface area contributed by atoms with Crippen LogP contribution in [0.1, 0.15) is 25.7 Å². The first-order valence-electron chi connectivity index (χ1n) is 9.07. The molecule has 1 saturated carbocycles. The van der Waals surface area contributed by atoms with Crippen molar-refractivity contribution < 1.29 is 8.42 Å². The lowest BCUT2D eigenvalue weighted by Crippen LogP contribution is -2.43. The maximum Gasteiger partial charge on any atom is 0.242 e. The maximum atomic E-state index is 12.2. The molecule has 1 aliphatic carbocycles. The quantitative estimate of drug-likeness (QED) is 0.282. The zero-order chi connectivity index (χ0) is 17.9. The van der Waals surface area contributed by atoms with Gasteiger partial charge in [-0.25, -0.2) is 13.1 Å². The molecule has 7 nitrogen and oxygen atoms in total. The monoisotopic (exact) mass is 495 g/mol. The summed E-state index contributed by atoms with van der Waals surface area (Å²) >= 11 is 0. The molecule has 1 aliphatic heterocycles. The summed E-state index contributed by atoms with van der Waals surface area (Å²) in [6.07, 6.45) is 8.68. The van der Waals surface area contributed by atoms with Crippen LogP contribution in [0.3, 0.4) is 0 Å². The molecule has 0 aromatic carbocycles. The summed E-state index contributed by atoms with van der Waals surface area (Å²) in [6, 6.07) is 1.60. The van der Waals surface area contributed by atoms with Crippen LogP contribution in [-0.2, 0) is 17.1 Å². The Balaban J connectivity index is 0.00000243. The van der Waals surface area contributed by atoms with Crippen LogP contribution >= 0.6 is 24.0 Å². The smallest absolute Gasteiger partial charge is 0.242 e. The Labute approximate surface area is 173 Å². The number of aryl methyl sites for hydroxylation is 1. The lowest BCUT2D eigenvalue weighted by atomic mass is 9.82. The summed E-state index contributed by atoms with van der Waals surface area (Å²) in [5, 5.41) is 3.29. The third kappa shape index (κ3) is 5.13. The molecular weight excluding hydrogens is 465 g/mol. The van der Waals surface area contributed by atoms with Crippen LogP contribution < -0.4 is 10.0 Å². The number of rotatable bonds is 5. The summed E-state index contributed by atoms with van der Waals surface area (Å²) in [7, 11) is 0.149. The third-order valence-corrected chi connectivity index (χ3v) is 6.75. The summed E-state index contributed by atoms with van der Waals surface area (Å²) in [5.41, 5.74) is 0. The van der Waals surface area contributed by atoms with Crippen molar-refractivity contribution in [3.8, 4) is 0 Å². The first kappa shape index (κ1) is 21.5. The van der Waals surface area contributed by atoms with E-state index in [2.05, 4.69) is 19.9 Å². The number of guanidine groups is 1. The molecule has 2 unspecified atom stereocenters. The summed E-state index contributed by atoms with van der Waals surface area (Å²) < 4.78 is 28.7. The molecule has 1 aromatic heterocycles. The Morgan fingerprint density at radius 2 is 1.88 bits per heavy atom. The fourth-order valence-corrected chi connectivity index (χ4v) is 5.07. The molecule has 2 fully saturated rings. The maximum absolute atomic E-state index is 12.2. The van der Waals surface area contributed by atoms with Crippen LogP contribution in [0.25, 0.3) is 0 Å². The molecule has 0 bridgehead atoms. The predicted molar refractivity (Wildman–Crippen MR) is 114 cm³/mol. The van der Waals surface area contributed by atoms with Crippen LogP contribution in [0.4, 0.5) is 0 Å². The second-order valence-electron chi connectivity index (χ2n) is 7.09. The Hall–Kier alpha value is -0.810. The minimum atomic E-state index is -3.44. The largest absolute Gasteiger partial charge is 0.356 e. The van der Waals surface area contributed by atoms with Gasteiger partial charge in [-0.2, -0.15) is 0 Å². The summed E-state index contributed by atoms with van der Waals surface area (Å²) in [4.78, 5) is 6.99. The number of nitrogens with one attached hydrogen (secondary N) is 2. The SMILES string of the molecule is CN=C(NCCNS(=O)(=O)c1ccn(C)c1)N1CC2CCCCC2C1.I. The minimum Gasteiger partial charge on any atom is -0.356 e. The highest BCUT2D eigenvalue weighted by molar-refractivity contribution is 14.0. The third-order valence-electron chi connectivity index (χ3n) is 5.30. The van der Waals surface area contributed by atoms with Crippen molar-refractivity contribution >= 4 is 40.0 Å². The van der Waals surface area contributed by atoms with Crippen molar-refractivity contribution in [1.29, 1.82) is 0 Å². The van der Waals surface area contributed by atoms with Crippen LogP contribution in [0.5, 0.6) is 0 Å². The number of hydrogen-bond donors (Lipinski definition) is 2. The predicted octanol–water partition coefficient (Wildman–Crippen LogP) is 1.62. The molecule has 2 heterocycles. The van der Waals surface area contributed by atoms with E-state index in [-0.39, 0.29) is 24.0 Å². The van der Waals surface area contributed by atoms with Gasteiger partial charge in [-0.1, -0.05) is 12.8 Å². The van der Waals surface area contributed by atoms with Gasteiger partial charge in [-0.3, -0.25) is 4.99 Å². The van der Waals surface area contributed by atoms with Gasteiger partial charge in [0, 0.05) is 52.7 Å². The minimum absolute atomic E-state index is 0. The second-order valence-corrected chi connectivity index (χ2v) is 8.86. The fraction of sp³-hybridized carbons (Fsp3) is 0.706. The molecule has 2 N–H and O–H groups in total. The average molecular weight is 495 g/mol. The molecule has 1 aromatic rings. The van der Waals surface area contributed by atoms with Gasteiger partial charge < -0.3 is 14.8 Å². The number of nitrogens with zero attached hydrogens (tertiary/aromatic N) is 3. The van der Waals surface area contributed by atoms with E-state index in [0.29, 0.717) is 18.0 Å². The van der Waals surface area contributed by atoms with Gasteiger partial charge in [0.25, 0.3) is 0 Å². The van der Waals surface area contributed by atoms with Crippen LogP contribution in [-0.4, -0.2) is 57.1 Å². The van der Waals surface area contributed by atoms with Crippen molar-refractivity contribution in [2.75, 3.05) is 33.2 Å². The van der Waals surface area contributed by atoms with E-state index in [9.17, 15) is 8.42 Å². The molecule has 26 heavy (non-hydrogen) atoms. The number of likely N-dealkylation sites (tertiary alicyclic amines) is 1. The van der Waals surface area contributed by atoms with Crippen molar-refractivity contribution in [3.05, 3.63) is 18.5 Å². The highest BCUT2D eigenvalue weighted by Gasteiger charge is 2.35. The van der Waals surface area contributed by atoms with Gasteiger partial charge in [0.1, 0.15) is 0 Å². The van der Waals surface area contributed by atoms with Gasteiger partial charge in [0.2, 0.25) is 10.0 Å². The van der Waals surface area contributed by atoms with Crippen LogP contribution in [0.15, 0.2) is 28.3 Å². The van der Waals surface area contributed by atoms with E-state index in [1.807, 2.05) is 0 Å². The molecule has 9 heteroatoms. The van der Waals surface area contributed by atoms with Crippen molar-refractivity contribution in [2.45, 2.75) is 30.6 Å². The van der Waals surface area contributed by atoms with Gasteiger partial charge >= 0.3 is 0 Å². The van der Waals surface area contributed by atoms with Gasteiger partial charge in [0.05, 0.1) is 4.90 Å². The van der Waals surface area contributed by atoms with Crippen molar-refractivity contribution in [1.82, 2.24) is 19.5 Å².